The molecule has 0 aliphatic carbocycles. The fourth-order valence-corrected chi connectivity index (χ4v) is 3.32. The van der Waals surface area contributed by atoms with Crippen LogP contribution in [0.1, 0.15) is 10.4 Å². The van der Waals surface area contributed by atoms with Crippen molar-refractivity contribution in [3.05, 3.63) is 71.9 Å². The summed E-state index contributed by atoms with van der Waals surface area (Å²) in [6.45, 7) is -0.340. The van der Waals surface area contributed by atoms with Gasteiger partial charge in [0, 0.05) is 22.7 Å². The van der Waals surface area contributed by atoms with Crippen LogP contribution in [-0.2, 0) is 9.59 Å². The predicted octanol–water partition coefficient (Wildman–Crippen LogP) is 1.66. The summed E-state index contributed by atoms with van der Waals surface area (Å²) in [5.41, 5.74) is 8.69. The number of hydrogen-bond donors (Lipinski definition) is 3. The van der Waals surface area contributed by atoms with Crippen LogP contribution in [0.2, 0.25) is 0 Å². The SMILES string of the molecule is NC(=O)c1cc(-c2ccc(NC3=CC(=O)N(CCO)C3=O)cc2)nc2ccccc12. The molecular weight excluding hydrogens is 384 g/mol. The largest absolute Gasteiger partial charge is 0.395 e. The van der Waals surface area contributed by atoms with Crippen molar-refractivity contribution < 1.29 is 19.5 Å². The fourth-order valence-electron chi connectivity index (χ4n) is 3.32. The molecule has 3 aromatic rings. The van der Waals surface area contributed by atoms with Crippen molar-refractivity contribution in [3.8, 4) is 11.3 Å². The normalized spacial score (nSPS) is 13.6. The molecule has 0 atom stereocenters. The summed E-state index contributed by atoms with van der Waals surface area (Å²) in [7, 11) is 0. The number of para-hydroxylation sites is 1. The molecule has 30 heavy (non-hydrogen) atoms. The molecule has 0 radical (unpaired) electrons. The van der Waals surface area contributed by atoms with Crippen molar-refractivity contribution in [2.45, 2.75) is 0 Å². The molecule has 0 spiro atoms. The summed E-state index contributed by atoms with van der Waals surface area (Å²) in [6.07, 6.45) is 1.20. The Hall–Kier alpha value is -4.04. The first-order chi connectivity index (χ1) is 14.5. The van der Waals surface area contributed by atoms with E-state index in [1.54, 1.807) is 36.4 Å². The number of fused-ring (bicyclic) bond motifs is 1. The second kappa shape index (κ2) is 7.76. The molecule has 1 aliphatic heterocycles. The molecule has 0 saturated heterocycles. The van der Waals surface area contributed by atoms with Crippen molar-refractivity contribution in [2.75, 3.05) is 18.5 Å². The summed E-state index contributed by atoms with van der Waals surface area (Å²) < 4.78 is 0. The van der Waals surface area contributed by atoms with E-state index in [1.807, 2.05) is 18.2 Å². The van der Waals surface area contributed by atoms with Gasteiger partial charge < -0.3 is 16.2 Å². The zero-order chi connectivity index (χ0) is 21.3. The van der Waals surface area contributed by atoms with Gasteiger partial charge in [0.15, 0.2) is 0 Å². The number of rotatable bonds is 6. The molecule has 0 bridgehead atoms. The average molecular weight is 402 g/mol. The highest BCUT2D eigenvalue weighted by atomic mass is 16.3. The Kier molecular flexibility index (Phi) is 4.99. The van der Waals surface area contributed by atoms with E-state index in [9.17, 15) is 14.4 Å². The van der Waals surface area contributed by atoms with Gasteiger partial charge in [-0.15, -0.1) is 0 Å². The average Bonchev–Trinajstić information content (AvgIpc) is 3.01. The fraction of sp³-hybridized carbons (Fsp3) is 0.0909. The summed E-state index contributed by atoms with van der Waals surface area (Å²) in [5.74, 6) is -1.48. The number of imide groups is 1. The van der Waals surface area contributed by atoms with Crippen LogP contribution in [0.5, 0.6) is 0 Å². The van der Waals surface area contributed by atoms with Gasteiger partial charge in [-0.1, -0.05) is 30.3 Å². The maximum Gasteiger partial charge on any atom is 0.277 e. The zero-order valence-electron chi connectivity index (χ0n) is 15.8. The minimum absolute atomic E-state index is 0.0475. The highest BCUT2D eigenvalue weighted by molar-refractivity contribution is 6.17. The number of aliphatic hydroxyl groups is 1. The number of pyridine rings is 1. The van der Waals surface area contributed by atoms with E-state index in [0.29, 0.717) is 27.8 Å². The van der Waals surface area contributed by atoms with E-state index in [1.165, 1.54) is 6.08 Å². The first-order valence-corrected chi connectivity index (χ1v) is 9.23. The van der Waals surface area contributed by atoms with Crippen molar-refractivity contribution in [1.29, 1.82) is 0 Å². The molecule has 0 saturated carbocycles. The monoisotopic (exact) mass is 402 g/mol. The van der Waals surface area contributed by atoms with Crippen LogP contribution >= 0.6 is 0 Å². The van der Waals surface area contributed by atoms with Crippen LogP contribution in [0.3, 0.4) is 0 Å². The molecule has 2 aromatic carbocycles. The van der Waals surface area contributed by atoms with E-state index >= 15 is 0 Å². The molecule has 4 N–H and O–H groups in total. The smallest absolute Gasteiger partial charge is 0.277 e. The lowest BCUT2D eigenvalue weighted by Crippen LogP contribution is -2.34. The van der Waals surface area contributed by atoms with E-state index in [-0.39, 0.29) is 18.8 Å². The van der Waals surface area contributed by atoms with Gasteiger partial charge in [0.2, 0.25) is 5.91 Å². The van der Waals surface area contributed by atoms with E-state index in [4.69, 9.17) is 10.8 Å². The molecule has 1 aromatic heterocycles. The highest BCUT2D eigenvalue weighted by Crippen LogP contribution is 2.26. The third-order valence-electron chi connectivity index (χ3n) is 4.77. The van der Waals surface area contributed by atoms with Crippen LogP contribution in [-0.4, -0.2) is 45.9 Å². The van der Waals surface area contributed by atoms with Crippen molar-refractivity contribution in [1.82, 2.24) is 9.88 Å². The topological polar surface area (TPSA) is 126 Å². The molecular formula is C22H18N4O4. The Balaban J connectivity index is 1.60. The maximum absolute atomic E-state index is 12.2. The minimum Gasteiger partial charge on any atom is -0.395 e. The number of carbonyl (C=O) groups is 3. The molecule has 4 rings (SSSR count). The first kappa shape index (κ1) is 19.3. The molecule has 8 nitrogen and oxygen atoms in total. The number of hydrogen-bond acceptors (Lipinski definition) is 6. The maximum atomic E-state index is 12.2. The number of benzene rings is 2. The van der Waals surface area contributed by atoms with Crippen molar-refractivity contribution >= 4 is 34.3 Å². The molecule has 2 heterocycles. The van der Waals surface area contributed by atoms with E-state index in [2.05, 4.69) is 10.3 Å². The van der Waals surface area contributed by atoms with Gasteiger partial charge in [0.1, 0.15) is 5.70 Å². The van der Waals surface area contributed by atoms with Crippen molar-refractivity contribution in [3.63, 3.8) is 0 Å². The van der Waals surface area contributed by atoms with Gasteiger partial charge in [-0.05, 0) is 24.3 Å². The molecule has 8 heteroatoms. The quantitative estimate of drug-likeness (QED) is 0.539. The number of nitrogens with one attached hydrogen (secondary N) is 1. The first-order valence-electron chi connectivity index (χ1n) is 9.23. The molecule has 150 valence electrons. The van der Waals surface area contributed by atoms with E-state index < -0.39 is 17.7 Å². The summed E-state index contributed by atoms with van der Waals surface area (Å²) in [5, 5.41) is 12.6. The highest BCUT2D eigenvalue weighted by Gasteiger charge is 2.30. The predicted molar refractivity (Wildman–Crippen MR) is 111 cm³/mol. The van der Waals surface area contributed by atoms with Gasteiger partial charge >= 0.3 is 0 Å². The standard InChI is InChI=1S/C22H18N4O4/c23-21(29)16-11-18(25-17-4-2-1-3-15(16)17)13-5-7-14(8-6-13)24-19-12-20(28)26(9-10-27)22(19)30/h1-8,11-12,24,27H,9-10H2,(H2,23,29). The molecule has 0 fully saturated rings. The number of β-amino-alcohol motifs (C(OH)–C–C–N with tert-alkyl or cyclic N) is 1. The van der Waals surface area contributed by atoms with Gasteiger partial charge in [0.05, 0.1) is 29.9 Å². The number of carbonyl (C=O) groups excluding carboxylic acids is 3. The van der Waals surface area contributed by atoms with Crippen LogP contribution in [0, 0.1) is 0 Å². The lowest BCUT2D eigenvalue weighted by atomic mass is 10.0. The van der Waals surface area contributed by atoms with Crippen LogP contribution in [0.25, 0.3) is 22.2 Å². The van der Waals surface area contributed by atoms with E-state index in [0.717, 1.165) is 10.5 Å². The zero-order valence-corrected chi connectivity index (χ0v) is 15.8. The Morgan fingerprint density at radius 3 is 2.53 bits per heavy atom. The number of anilines is 1. The summed E-state index contributed by atoms with van der Waals surface area (Å²) in [6, 6.07) is 16.0. The van der Waals surface area contributed by atoms with Crippen LogP contribution < -0.4 is 11.1 Å². The van der Waals surface area contributed by atoms with Crippen LogP contribution in [0.4, 0.5) is 5.69 Å². The second-order valence-electron chi connectivity index (χ2n) is 6.72. The summed E-state index contributed by atoms with van der Waals surface area (Å²) in [4.78, 5) is 41.5. The minimum atomic E-state index is -0.531. The molecule has 1 aliphatic rings. The number of amides is 3. The summed E-state index contributed by atoms with van der Waals surface area (Å²) >= 11 is 0. The molecule has 0 unspecified atom stereocenters. The number of nitrogens with two attached hydrogens (primary N) is 1. The second-order valence-corrected chi connectivity index (χ2v) is 6.72. The lowest BCUT2D eigenvalue weighted by molar-refractivity contribution is -0.137. The number of aliphatic hydroxyl groups excluding tert-OH is 1. The van der Waals surface area contributed by atoms with Gasteiger partial charge in [0.25, 0.3) is 11.8 Å². The van der Waals surface area contributed by atoms with Crippen LogP contribution in [0.15, 0.2) is 66.4 Å². The Morgan fingerprint density at radius 2 is 1.83 bits per heavy atom. The number of nitrogens with zero attached hydrogens (tertiary/aromatic N) is 2. The number of aromatic nitrogens is 1. The third-order valence-corrected chi connectivity index (χ3v) is 4.77. The Bertz CT molecular complexity index is 1200. The van der Waals surface area contributed by atoms with Gasteiger partial charge in [-0.25, -0.2) is 4.98 Å². The Morgan fingerprint density at radius 1 is 1.10 bits per heavy atom. The number of primary amides is 1. The lowest BCUT2D eigenvalue weighted by Gasteiger charge is -2.13. The van der Waals surface area contributed by atoms with Gasteiger partial charge in [-0.3, -0.25) is 19.3 Å². The molecule has 3 amide bonds. The third kappa shape index (κ3) is 3.51. The van der Waals surface area contributed by atoms with Gasteiger partial charge in [-0.2, -0.15) is 0 Å². The van der Waals surface area contributed by atoms with Crippen molar-refractivity contribution in [2.24, 2.45) is 5.73 Å². The Labute approximate surface area is 171 Å².